The van der Waals surface area contributed by atoms with Gasteiger partial charge < -0.3 is 4.74 Å². The van der Waals surface area contributed by atoms with E-state index in [0.29, 0.717) is 13.0 Å². The lowest BCUT2D eigenvalue weighted by Crippen LogP contribution is -2.28. The van der Waals surface area contributed by atoms with Crippen LogP contribution in [0.5, 0.6) is 0 Å². The fourth-order valence-electron chi connectivity index (χ4n) is 0.977. The number of hydrogen-bond acceptors (Lipinski definition) is 5. The number of carbonyl (C=O) groups is 1. The number of ether oxygens (including phenoxy) is 1. The van der Waals surface area contributed by atoms with Crippen molar-refractivity contribution in [3.63, 3.8) is 0 Å². The van der Waals surface area contributed by atoms with Crippen molar-refractivity contribution in [1.29, 1.82) is 0 Å². The molecule has 76 valence electrons. The minimum atomic E-state index is -4.01. The van der Waals surface area contributed by atoms with Gasteiger partial charge in [-0.25, -0.2) is 0 Å². The summed E-state index contributed by atoms with van der Waals surface area (Å²) < 4.78 is 29.9. The lowest BCUT2D eigenvalue weighted by atomic mass is 9.91. The first-order valence-electron chi connectivity index (χ1n) is 3.60. The Morgan fingerprint density at radius 1 is 1.69 bits per heavy atom. The van der Waals surface area contributed by atoms with Crippen molar-refractivity contribution in [2.75, 3.05) is 13.2 Å². The highest BCUT2D eigenvalue weighted by Crippen LogP contribution is 2.30. The Bertz CT molecular complexity index is 311. The standard InChI is InChI=1S/C6H9ClO5S/c1-6(2-3-11-5(6)8)4-12-13(7,9)10/h2-4H2,1H3. The molecule has 0 radical (unpaired) electrons. The van der Waals surface area contributed by atoms with E-state index in [1.807, 2.05) is 0 Å². The highest BCUT2D eigenvalue weighted by Gasteiger charge is 2.41. The van der Waals surface area contributed by atoms with Crippen LogP contribution in [0.3, 0.4) is 0 Å². The van der Waals surface area contributed by atoms with Crippen molar-refractivity contribution < 1.29 is 22.1 Å². The third-order valence-electron chi connectivity index (χ3n) is 1.90. The van der Waals surface area contributed by atoms with Crippen molar-refractivity contribution in [2.45, 2.75) is 13.3 Å². The summed E-state index contributed by atoms with van der Waals surface area (Å²) in [5, 5.41) is 0. The zero-order valence-electron chi connectivity index (χ0n) is 6.95. The third-order valence-corrected chi connectivity index (χ3v) is 2.56. The molecule has 5 nitrogen and oxygen atoms in total. The molecule has 0 amide bonds. The smallest absolute Gasteiger partial charge is 0.355 e. The first-order valence-corrected chi connectivity index (χ1v) is 5.83. The van der Waals surface area contributed by atoms with Gasteiger partial charge in [0.15, 0.2) is 0 Å². The summed E-state index contributed by atoms with van der Waals surface area (Å²) in [7, 11) is 0.810. The highest BCUT2D eigenvalue weighted by atomic mass is 35.7. The van der Waals surface area contributed by atoms with E-state index in [9.17, 15) is 13.2 Å². The average Bonchev–Trinajstić information content (AvgIpc) is 2.29. The molecule has 1 fully saturated rings. The molecule has 0 aromatic rings. The molecule has 13 heavy (non-hydrogen) atoms. The molecule has 1 aliphatic heterocycles. The van der Waals surface area contributed by atoms with Gasteiger partial charge in [-0.3, -0.25) is 8.98 Å². The molecule has 0 aliphatic carbocycles. The Kier molecular flexibility index (Phi) is 2.84. The van der Waals surface area contributed by atoms with Crippen molar-refractivity contribution in [1.82, 2.24) is 0 Å². The van der Waals surface area contributed by atoms with Gasteiger partial charge in [-0.15, -0.1) is 0 Å². The first-order chi connectivity index (χ1) is 5.83. The maximum Gasteiger partial charge on any atom is 0.355 e. The molecule has 1 atom stereocenters. The number of hydrogen-bond donors (Lipinski definition) is 0. The normalized spacial score (nSPS) is 28.9. The van der Waals surface area contributed by atoms with E-state index in [-0.39, 0.29) is 6.61 Å². The van der Waals surface area contributed by atoms with E-state index < -0.39 is 20.7 Å². The molecule has 0 bridgehead atoms. The van der Waals surface area contributed by atoms with Gasteiger partial charge in [-0.2, -0.15) is 8.42 Å². The van der Waals surface area contributed by atoms with Crippen LogP contribution in [0.4, 0.5) is 0 Å². The molecular weight excluding hydrogens is 220 g/mol. The maximum absolute atomic E-state index is 11.1. The fraction of sp³-hybridized carbons (Fsp3) is 0.833. The minimum Gasteiger partial charge on any atom is -0.465 e. The minimum absolute atomic E-state index is 0.266. The number of esters is 1. The maximum atomic E-state index is 11.1. The van der Waals surface area contributed by atoms with Crippen LogP contribution in [0, 0.1) is 5.41 Å². The van der Waals surface area contributed by atoms with Crippen LogP contribution in [-0.2, 0) is 23.0 Å². The summed E-state index contributed by atoms with van der Waals surface area (Å²) in [4.78, 5) is 11.1. The van der Waals surface area contributed by atoms with E-state index >= 15 is 0 Å². The van der Waals surface area contributed by atoms with Gasteiger partial charge in [-0.05, 0) is 13.3 Å². The summed E-state index contributed by atoms with van der Waals surface area (Å²) in [6.45, 7) is 1.60. The predicted octanol–water partition coefficient (Wildman–Crippen LogP) is 0.440. The Balaban J connectivity index is 2.58. The summed E-state index contributed by atoms with van der Waals surface area (Å²) in [6.07, 6.45) is 0.443. The zero-order valence-corrected chi connectivity index (χ0v) is 8.52. The van der Waals surface area contributed by atoms with Crippen molar-refractivity contribution >= 4 is 26.0 Å². The molecule has 0 aromatic heterocycles. The molecule has 0 spiro atoms. The van der Waals surface area contributed by atoms with Crippen LogP contribution in [0.1, 0.15) is 13.3 Å². The number of rotatable bonds is 3. The Hall–Kier alpha value is -0.330. The van der Waals surface area contributed by atoms with Crippen molar-refractivity contribution in [3.8, 4) is 0 Å². The Morgan fingerprint density at radius 3 is 2.69 bits per heavy atom. The molecule has 1 saturated heterocycles. The quantitative estimate of drug-likeness (QED) is 0.518. The van der Waals surface area contributed by atoms with Crippen LogP contribution in [0.2, 0.25) is 0 Å². The van der Waals surface area contributed by atoms with Gasteiger partial charge in [0.25, 0.3) is 0 Å². The summed E-state index contributed by atoms with van der Waals surface area (Å²) in [5.41, 5.74) is -0.887. The topological polar surface area (TPSA) is 69.7 Å². The van der Waals surface area contributed by atoms with Crippen LogP contribution in [0.15, 0.2) is 0 Å². The molecule has 7 heteroatoms. The molecule has 0 N–H and O–H groups in total. The summed E-state index contributed by atoms with van der Waals surface area (Å²) in [6, 6.07) is 0. The molecule has 0 aromatic carbocycles. The number of halogens is 1. The highest BCUT2D eigenvalue weighted by molar-refractivity contribution is 8.09. The average molecular weight is 229 g/mol. The molecular formula is C6H9ClO5S. The van der Waals surface area contributed by atoms with Gasteiger partial charge in [-0.1, -0.05) is 0 Å². The Labute approximate surface area is 80.6 Å². The second-order valence-corrected chi connectivity index (χ2v) is 5.26. The van der Waals surface area contributed by atoms with Crippen LogP contribution in [-0.4, -0.2) is 27.6 Å². The lowest BCUT2D eigenvalue weighted by molar-refractivity contribution is -0.146. The molecule has 1 unspecified atom stereocenters. The van der Waals surface area contributed by atoms with Gasteiger partial charge in [0.2, 0.25) is 0 Å². The van der Waals surface area contributed by atoms with E-state index in [1.54, 1.807) is 6.92 Å². The monoisotopic (exact) mass is 228 g/mol. The molecule has 1 rings (SSSR count). The lowest BCUT2D eigenvalue weighted by Gasteiger charge is -2.16. The second-order valence-electron chi connectivity index (χ2n) is 3.10. The van der Waals surface area contributed by atoms with Crippen LogP contribution >= 0.6 is 10.7 Å². The van der Waals surface area contributed by atoms with Gasteiger partial charge in [0.1, 0.15) is 0 Å². The van der Waals surface area contributed by atoms with Crippen LogP contribution in [0.25, 0.3) is 0 Å². The second kappa shape index (κ2) is 3.43. The van der Waals surface area contributed by atoms with Gasteiger partial charge in [0.05, 0.1) is 18.6 Å². The zero-order chi connectivity index (χ0) is 10.1. The third kappa shape index (κ3) is 2.82. The molecule has 0 saturated carbocycles. The van der Waals surface area contributed by atoms with E-state index in [1.165, 1.54) is 0 Å². The summed E-state index contributed by atoms with van der Waals surface area (Å²) >= 11 is 0. The first kappa shape index (κ1) is 10.7. The molecule has 1 aliphatic rings. The van der Waals surface area contributed by atoms with Crippen molar-refractivity contribution in [3.05, 3.63) is 0 Å². The SMILES string of the molecule is CC1(COS(=O)(=O)Cl)CCOC1=O. The van der Waals surface area contributed by atoms with Gasteiger partial charge >= 0.3 is 15.3 Å². The van der Waals surface area contributed by atoms with Gasteiger partial charge in [0, 0.05) is 10.7 Å². The van der Waals surface area contributed by atoms with E-state index in [4.69, 9.17) is 10.7 Å². The van der Waals surface area contributed by atoms with E-state index in [2.05, 4.69) is 8.92 Å². The molecule has 1 heterocycles. The van der Waals surface area contributed by atoms with E-state index in [0.717, 1.165) is 0 Å². The van der Waals surface area contributed by atoms with Crippen LogP contribution < -0.4 is 0 Å². The predicted molar refractivity (Wildman–Crippen MR) is 44.4 cm³/mol. The number of cyclic esters (lactones) is 1. The number of carbonyl (C=O) groups excluding carboxylic acids is 1. The van der Waals surface area contributed by atoms with Crippen molar-refractivity contribution in [2.24, 2.45) is 5.41 Å². The largest absolute Gasteiger partial charge is 0.465 e. The fourth-order valence-corrected chi connectivity index (χ4v) is 1.51. The summed E-state index contributed by atoms with van der Waals surface area (Å²) in [5.74, 6) is -0.451. The Morgan fingerprint density at radius 2 is 2.31 bits per heavy atom.